The van der Waals surface area contributed by atoms with Gasteiger partial charge in [0.25, 0.3) is 0 Å². The third kappa shape index (κ3) is 5.97. The van der Waals surface area contributed by atoms with E-state index in [-0.39, 0.29) is 5.41 Å². The van der Waals surface area contributed by atoms with Crippen molar-refractivity contribution in [3.05, 3.63) is 211 Å². The Morgan fingerprint density at radius 2 is 0.877 bits per heavy atom. The summed E-state index contributed by atoms with van der Waals surface area (Å²) in [5, 5.41) is 4.08. The molecule has 0 saturated heterocycles. The first kappa shape index (κ1) is 37.2. The second kappa shape index (κ2) is 14.3. The molecule has 12 aromatic rings. The number of rotatable bonds is 6. The highest BCUT2D eigenvalue weighted by molar-refractivity contribution is 6.13. The summed E-state index contributed by atoms with van der Waals surface area (Å²) in [5.41, 5.74) is 18.0. The Bertz CT molecular complexity index is 3860. The van der Waals surface area contributed by atoms with Gasteiger partial charge < -0.3 is 8.83 Å². The quantitative estimate of drug-likeness (QED) is 0.167. The van der Waals surface area contributed by atoms with Crippen LogP contribution >= 0.6 is 0 Å². The van der Waals surface area contributed by atoms with Crippen molar-refractivity contribution in [2.75, 3.05) is 0 Å². The Balaban J connectivity index is 0.952. The third-order valence-electron chi connectivity index (χ3n) is 13.3. The van der Waals surface area contributed by atoms with Crippen molar-refractivity contribution in [1.29, 1.82) is 0 Å². The second-order valence-electron chi connectivity index (χ2n) is 17.5. The lowest BCUT2D eigenvalue weighted by Gasteiger charge is -2.24. The van der Waals surface area contributed by atoms with Gasteiger partial charge in [0.15, 0.2) is 17.5 Å². The predicted molar refractivity (Wildman–Crippen MR) is 265 cm³/mol. The molecule has 1 aliphatic rings. The van der Waals surface area contributed by atoms with Gasteiger partial charge in [-0.2, -0.15) is 0 Å². The van der Waals surface area contributed by atoms with Crippen LogP contribution in [0.3, 0.4) is 0 Å². The lowest BCUT2D eigenvalue weighted by molar-refractivity contribution is 0.662. The average Bonchev–Trinajstić information content (AvgIpc) is 4.01. The molecule has 3 aromatic heterocycles. The smallest absolute Gasteiger partial charge is 0.164 e. The standard InChI is InChI=1S/C60H39N3O2/c1-60(2)50-22-8-6-17-44(50)47-20-11-19-43(56(47)60)41-16-10-15-39(33-41)40-30-32-52-49(34-40)55-48(21-12-24-53(55)64-52)59-62-57(38-27-25-37(26-28-38)36-13-4-3-5-14-36)61-58(63-59)42-29-31-46-45-18-7-9-23-51(45)65-54(46)35-42/h3-35H,1-2H3. The zero-order valence-electron chi connectivity index (χ0n) is 35.7. The van der Waals surface area contributed by atoms with Crippen molar-refractivity contribution >= 4 is 43.9 Å². The lowest BCUT2D eigenvalue weighted by Crippen LogP contribution is -2.16. The maximum atomic E-state index is 6.58. The molecule has 65 heavy (non-hydrogen) atoms. The molecule has 0 atom stereocenters. The highest BCUT2D eigenvalue weighted by Crippen LogP contribution is 2.52. The van der Waals surface area contributed by atoms with Crippen molar-refractivity contribution in [3.63, 3.8) is 0 Å². The van der Waals surface area contributed by atoms with Crippen molar-refractivity contribution in [1.82, 2.24) is 15.0 Å². The molecule has 0 fully saturated rings. The molecule has 9 aromatic carbocycles. The molecule has 1 aliphatic carbocycles. The maximum absolute atomic E-state index is 6.58. The van der Waals surface area contributed by atoms with E-state index in [1.54, 1.807) is 0 Å². The molecule has 0 radical (unpaired) electrons. The van der Waals surface area contributed by atoms with Crippen LogP contribution in [0.15, 0.2) is 209 Å². The van der Waals surface area contributed by atoms with E-state index in [1.807, 2.05) is 42.5 Å². The fourth-order valence-corrected chi connectivity index (χ4v) is 10.2. The molecule has 0 aliphatic heterocycles. The molecule has 13 rings (SSSR count). The van der Waals surface area contributed by atoms with Gasteiger partial charge in [0.1, 0.15) is 22.3 Å². The van der Waals surface area contributed by atoms with E-state index in [0.29, 0.717) is 17.5 Å². The third-order valence-corrected chi connectivity index (χ3v) is 13.3. The predicted octanol–water partition coefficient (Wildman–Crippen LogP) is 16.0. The van der Waals surface area contributed by atoms with Crippen LogP contribution in [0.2, 0.25) is 0 Å². The Morgan fingerprint density at radius 1 is 0.323 bits per heavy atom. The summed E-state index contributed by atoms with van der Waals surface area (Å²) < 4.78 is 12.9. The highest BCUT2D eigenvalue weighted by atomic mass is 16.3. The zero-order valence-corrected chi connectivity index (χ0v) is 35.7. The van der Waals surface area contributed by atoms with Crippen LogP contribution in [0, 0.1) is 0 Å². The van der Waals surface area contributed by atoms with Gasteiger partial charge in [-0.1, -0.05) is 172 Å². The zero-order chi connectivity index (χ0) is 43.2. The molecule has 0 amide bonds. The fourth-order valence-electron chi connectivity index (χ4n) is 10.2. The molecular formula is C60H39N3O2. The summed E-state index contributed by atoms with van der Waals surface area (Å²) in [6, 6.07) is 70.3. The van der Waals surface area contributed by atoms with Crippen molar-refractivity contribution in [2.24, 2.45) is 0 Å². The van der Waals surface area contributed by atoms with E-state index in [4.69, 9.17) is 23.8 Å². The SMILES string of the molecule is CC1(C)c2ccccc2-c2cccc(-c3cccc(-c4ccc5oc6cccc(-c7nc(-c8ccc(-c9ccccc9)cc8)nc(-c8ccc9c(c8)oc8ccccc89)n7)c6c5c4)c3)c21. The van der Waals surface area contributed by atoms with Crippen LogP contribution in [-0.4, -0.2) is 15.0 Å². The number of nitrogens with zero attached hydrogens (tertiary/aromatic N) is 3. The minimum atomic E-state index is -0.121. The Morgan fingerprint density at radius 3 is 1.77 bits per heavy atom. The molecule has 0 saturated carbocycles. The monoisotopic (exact) mass is 833 g/mol. The van der Waals surface area contributed by atoms with Crippen LogP contribution in [0.5, 0.6) is 0 Å². The molecule has 0 bridgehead atoms. The van der Waals surface area contributed by atoms with Gasteiger partial charge in [0.05, 0.1) is 0 Å². The number of para-hydroxylation sites is 1. The van der Waals surface area contributed by atoms with Crippen LogP contribution in [-0.2, 0) is 5.41 Å². The lowest BCUT2D eigenvalue weighted by atomic mass is 9.78. The normalized spacial score (nSPS) is 12.9. The molecule has 3 heterocycles. The van der Waals surface area contributed by atoms with Crippen molar-refractivity contribution < 1.29 is 8.83 Å². The number of furan rings is 2. The fraction of sp³-hybridized carbons (Fsp3) is 0.0500. The number of hydrogen-bond donors (Lipinski definition) is 0. The van der Waals surface area contributed by atoms with Gasteiger partial charge in [-0.3, -0.25) is 0 Å². The topological polar surface area (TPSA) is 65.0 Å². The summed E-state index contributed by atoms with van der Waals surface area (Å²) in [6.07, 6.45) is 0. The highest BCUT2D eigenvalue weighted by Gasteiger charge is 2.37. The first-order valence-corrected chi connectivity index (χ1v) is 22.1. The summed E-state index contributed by atoms with van der Waals surface area (Å²) in [7, 11) is 0. The maximum Gasteiger partial charge on any atom is 0.164 e. The van der Waals surface area contributed by atoms with Crippen LogP contribution < -0.4 is 0 Å². The van der Waals surface area contributed by atoms with E-state index in [0.717, 1.165) is 82.8 Å². The van der Waals surface area contributed by atoms with Crippen molar-refractivity contribution in [2.45, 2.75) is 19.3 Å². The number of fused-ring (bicyclic) bond motifs is 9. The van der Waals surface area contributed by atoms with Crippen LogP contribution in [0.25, 0.3) is 123 Å². The van der Waals surface area contributed by atoms with E-state index >= 15 is 0 Å². The largest absolute Gasteiger partial charge is 0.456 e. The van der Waals surface area contributed by atoms with Crippen molar-refractivity contribution in [3.8, 4) is 78.7 Å². The van der Waals surface area contributed by atoms with Gasteiger partial charge in [-0.15, -0.1) is 0 Å². The van der Waals surface area contributed by atoms with Gasteiger partial charge in [-0.05, 0) is 98.1 Å². The molecule has 0 N–H and O–H groups in total. The van der Waals surface area contributed by atoms with Gasteiger partial charge in [-0.25, -0.2) is 15.0 Å². The Kier molecular flexibility index (Phi) is 8.18. The second-order valence-corrected chi connectivity index (χ2v) is 17.5. The molecule has 5 nitrogen and oxygen atoms in total. The van der Waals surface area contributed by atoms with Gasteiger partial charge in [0, 0.05) is 43.7 Å². The molecule has 0 unspecified atom stereocenters. The average molecular weight is 834 g/mol. The molecule has 5 heteroatoms. The molecule has 0 spiro atoms. The summed E-state index contributed by atoms with van der Waals surface area (Å²) in [4.78, 5) is 15.6. The summed E-state index contributed by atoms with van der Waals surface area (Å²) in [6.45, 7) is 4.69. The van der Waals surface area contributed by atoms with Crippen LogP contribution in [0.1, 0.15) is 25.0 Å². The Hall–Kier alpha value is -8.41. The number of benzene rings is 9. The summed E-state index contributed by atoms with van der Waals surface area (Å²) in [5.74, 6) is 1.69. The van der Waals surface area contributed by atoms with Gasteiger partial charge in [0.2, 0.25) is 0 Å². The summed E-state index contributed by atoms with van der Waals surface area (Å²) >= 11 is 0. The minimum Gasteiger partial charge on any atom is -0.456 e. The van der Waals surface area contributed by atoms with E-state index < -0.39 is 0 Å². The number of hydrogen-bond acceptors (Lipinski definition) is 5. The Labute approximate surface area is 375 Å². The first-order chi connectivity index (χ1) is 31.9. The molecule has 306 valence electrons. The number of aromatic nitrogens is 3. The van der Waals surface area contributed by atoms with E-state index in [9.17, 15) is 0 Å². The van der Waals surface area contributed by atoms with Gasteiger partial charge >= 0.3 is 0 Å². The van der Waals surface area contributed by atoms with Crippen LogP contribution in [0.4, 0.5) is 0 Å². The minimum absolute atomic E-state index is 0.121. The van der Waals surface area contributed by atoms with E-state index in [2.05, 4.69) is 172 Å². The molecular weight excluding hydrogens is 795 g/mol. The van der Waals surface area contributed by atoms with E-state index in [1.165, 1.54) is 33.4 Å². The first-order valence-electron chi connectivity index (χ1n) is 22.1.